The van der Waals surface area contributed by atoms with Gasteiger partial charge in [-0.1, -0.05) is 13.8 Å². The maximum atomic E-state index is 12.4. The maximum Gasteiger partial charge on any atom is 0.433 e. The summed E-state index contributed by atoms with van der Waals surface area (Å²) >= 11 is 0. The van der Waals surface area contributed by atoms with E-state index in [0.29, 0.717) is 6.42 Å². The summed E-state index contributed by atoms with van der Waals surface area (Å²) in [6.07, 6.45) is -3.71. The van der Waals surface area contributed by atoms with Crippen LogP contribution in [0.2, 0.25) is 0 Å². The lowest BCUT2D eigenvalue weighted by molar-refractivity contribution is -0.141. The Morgan fingerprint density at radius 1 is 1.44 bits per heavy atom. The smallest absolute Gasteiger partial charge is 0.392 e. The number of alkyl halides is 3. The molecule has 0 aliphatic heterocycles. The maximum absolute atomic E-state index is 12.4. The third-order valence-corrected chi connectivity index (χ3v) is 2.37. The molecule has 1 rings (SSSR count). The average Bonchev–Trinajstić information content (AvgIpc) is 2.26. The molecule has 0 aliphatic rings. The van der Waals surface area contributed by atoms with Crippen molar-refractivity contribution in [3.05, 3.63) is 23.8 Å². The van der Waals surface area contributed by atoms with Crippen molar-refractivity contribution in [2.75, 3.05) is 0 Å². The quantitative estimate of drug-likeness (QED) is 0.873. The predicted molar refractivity (Wildman–Crippen MR) is 51.7 cm³/mol. The van der Waals surface area contributed by atoms with Gasteiger partial charge in [0.15, 0.2) is 0 Å². The minimum absolute atomic E-state index is 0.0178. The molecular formula is C10H13F3N2O. The molecule has 0 amide bonds. The third-order valence-electron chi connectivity index (χ3n) is 2.37. The molecule has 0 fully saturated rings. The molecule has 1 aromatic rings. The molecule has 0 saturated carbocycles. The summed E-state index contributed by atoms with van der Waals surface area (Å²) in [5.41, 5.74) is -0.979. The summed E-state index contributed by atoms with van der Waals surface area (Å²) in [6.45, 7) is 3.35. The average molecular weight is 234 g/mol. The third kappa shape index (κ3) is 2.91. The first-order chi connectivity index (χ1) is 7.36. The molecule has 1 heterocycles. The highest BCUT2D eigenvalue weighted by molar-refractivity contribution is 5.09. The van der Waals surface area contributed by atoms with Crippen molar-refractivity contribution in [1.82, 2.24) is 9.97 Å². The largest absolute Gasteiger partial charge is 0.433 e. The van der Waals surface area contributed by atoms with Gasteiger partial charge in [0.05, 0.1) is 6.10 Å². The molecule has 3 nitrogen and oxygen atoms in total. The zero-order chi connectivity index (χ0) is 12.3. The van der Waals surface area contributed by atoms with Gasteiger partial charge in [0.1, 0.15) is 11.5 Å². The number of rotatable bonds is 3. The van der Waals surface area contributed by atoms with Gasteiger partial charge in [-0.25, -0.2) is 9.97 Å². The fourth-order valence-electron chi connectivity index (χ4n) is 1.28. The summed E-state index contributed by atoms with van der Waals surface area (Å²) in [7, 11) is 0. The first kappa shape index (κ1) is 12.9. The van der Waals surface area contributed by atoms with Gasteiger partial charge in [0.2, 0.25) is 0 Å². The van der Waals surface area contributed by atoms with Gasteiger partial charge in [-0.15, -0.1) is 0 Å². The normalized spacial score (nSPS) is 15.9. The van der Waals surface area contributed by atoms with E-state index in [-0.39, 0.29) is 5.82 Å². The first-order valence-corrected chi connectivity index (χ1v) is 4.94. The van der Waals surface area contributed by atoms with Crippen LogP contribution in [0.3, 0.4) is 0 Å². The molecule has 2 atom stereocenters. The highest BCUT2D eigenvalue weighted by Gasteiger charge is 2.33. The molecule has 6 heteroatoms. The highest BCUT2D eigenvalue weighted by atomic mass is 19.4. The second-order valence-corrected chi connectivity index (χ2v) is 3.56. The minimum Gasteiger partial charge on any atom is -0.392 e. The van der Waals surface area contributed by atoms with Crippen molar-refractivity contribution >= 4 is 0 Å². The Morgan fingerprint density at radius 3 is 2.56 bits per heavy atom. The van der Waals surface area contributed by atoms with Crippen LogP contribution in [-0.2, 0) is 6.18 Å². The number of hydrogen-bond acceptors (Lipinski definition) is 3. The number of halogens is 3. The SMILES string of the molecule is CCC(O)C(C)c1nccc(C(F)(F)F)n1. The van der Waals surface area contributed by atoms with E-state index in [4.69, 9.17) is 0 Å². The van der Waals surface area contributed by atoms with Gasteiger partial charge < -0.3 is 5.11 Å². The standard InChI is InChI=1S/C10H13F3N2O/c1-3-7(16)6(2)9-14-5-4-8(15-9)10(11,12)13/h4-7,16H,3H2,1-2H3. The molecular weight excluding hydrogens is 221 g/mol. The number of aliphatic hydroxyl groups excluding tert-OH is 1. The van der Waals surface area contributed by atoms with Crippen LogP contribution in [0.1, 0.15) is 37.7 Å². The van der Waals surface area contributed by atoms with Crippen LogP contribution in [0.25, 0.3) is 0 Å². The lowest BCUT2D eigenvalue weighted by Crippen LogP contribution is -2.19. The Bertz CT molecular complexity index is 354. The van der Waals surface area contributed by atoms with Gasteiger partial charge in [0.25, 0.3) is 0 Å². The van der Waals surface area contributed by atoms with Crippen LogP contribution in [0.4, 0.5) is 13.2 Å². The molecule has 2 unspecified atom stereocenters. The fraction of sp³-hybridized carbons (Fsp3) is 0.600. The van der Waals surface area contributed by atoms with Crippen LogP contribution in [-0.4, -0.2) is 21.2 Å². The predicted octanol–water partition coefficient (Wildman–Crippen LogP) is 2.37. The monoisotopic (exact) mass is 234 g/mol. The summed E-state index contributed by atoms with van der Waals surface area (Å²) in [5.74, 6) is -0.489. The van der Waals surface area contributed by atoms with Gasteiger partial charge >= 0.3 is 6.18 Å². The number of aromatic nitrogens is 2. The molecule has 1 aromatic heterocycles. The lowest BCUT2D eigenvalue weighted by Gasteiger charge is -2.16. The Labute approximate surface area is 91.4 Å². The van der Waals surface area contributed by atoms with E-state index in [1.807, 2.05) is 0 Å². The first-order valence-electron chi connectivity index (χ1n) is 4.94. The summed E-state index contributed by atoms with van der Waals surface area (Å²) in [6, 6.07) is 0.814. The van der Waals surface area contributed by atoms with E-state index in [1.165, 1.54) is 0 Å². The molecule has 0 bridgehead atoms. The molecule has 0 saturated heterocycles. The van der Waals surface area contributed by atoms with E-state index >= 15 is 0 Å². The molecule has 0 aromatic carbocycles. The second-order valence-electron chi connectivity index (χ2n) is 3.56. The zero-order valence-electron chi connectivity index (χ0n) is 8.99. The number of nitrogens with zero attached hydrogens (tertiary/aromatic N) is 2. The van der Waals surface area contributed by atoms with Crippen LogP contribution in [0.5, 0.6) is 0 Å². The van der Waals surface area contributed by atoms with Gasteiger partial charge in [-0.3, -0.25) is 0 Å². The Hall–Kier alpha value is -1.17. The van der Waals surface area contributed by atoms with E-state index in [9.17, 15) is 18.3 Å². The van der Waals surface area contributed by atoms with Crippen molar-refractivity contribution in [2.45, 2.75) is 38.5 Å². The van der Waals surface area contributed by atoms with Crippen LogP contribution in [0.15, 0.2) is 12.3 Å². The Balaban J connectivity index is 2.99. The van der Waals surface area contributed by atoms with Crippen LogP contribution < -0.4 is 0 Å². The Morgan fingerprint density at radius 2 is 2.06 bits per heavy atom. The van der Waals surface area contributed by atoms with E-state index in [1.54, 1.807) is 13.8 Å². The number of aliphatic hydroxyl groups is 1. The second kappa shape index (κ2) is 4.78. The van der Waals surface area contributed by atoms with Gasteiger partial charge in [-0.2, -0.15) is 13.2 Å². The summed E-state index contributed by atoms with van der Waals surface area (Å²) < 4.78 is 37.1. The Kier molecular flexibility index (Phi) is 3.85. The molecule has 0 spiro atoms. The summed E-state index contributed by atoms with van der Waals surface area (Å²) in [4.78, 5) is 7.17. The van der Waals surface area contributed by atoms with E-state index < -0.39 is 23.9 Å². The molecule has 16 heavy (non-hydrogen) atoms. The van der Waals surface area contributed by atoms with Gasteiger partial charge in [0, 0.05) is 12.1 Å². The lowest BCUT2D eigenvalue weighted by atomic mass is 10.0. The van der Waals surface area contributed by atoms with Crippen LogP contribution in [0, 0.1) is 0 Å². The van der Waals surface area contributed by atoms with Crippen LogP contribution >= 0.6 is 0 Å². The van der Waals surface area contributed by atoms with Crippen molar-refractivity contribution in [3.8, 4) is 0 Å². The van der Waals surface area contributed by atoms with E-state index in [2.05, 4.69) is 9.97 Å². The minimum atomic E-state index is -4.48. The van der Waals surface area contributed by atoms with Crippen molar-refractivity contribution in [2.24, 2.45) is 0 Å². The summed E-state index contributed by atoms with van der Waals surface area (Å²) in [5, 5.41) is 9.51. The topological polar surface area (TPSA) is 46.0 Å². The van der Waals surface area contributed by atoms with E-state index in [0.717, 1.165) is 12.3 Å². The fourth-order valence-corrected chi connectivity index (χ4v) is 1.28. The molecule has 1 N–H and O–H groups in total. The zero-order valence-corrected chi connectivity index (χ0v) is 8.99. The highest BCUT2D eigenvalue weighted by Crippen LogP contribution is 2.28. The molecule has 0 aliphatic carbocycles. The van der Waals surface area contributed by atoms with Gasteiger partial charge in [-0.05, 0) is 12.5 Å². The molecule has 90 valence electrons. The van der Waals surface area contributed by atoms with Crippen molar-refractivity contribution in [3.63, 3.8) is 0 Å². The van der Waals surface area contributed by atoms with Crippen molar-refractivity contribution < 1.29 is 18.3 Å². The molecule has 0 radical (unpaired) electrons. The number of hydrogen-bond donors (Lipinski definition) is 1. The van der Waals surface area contributed by atoms with Crippen molar-refractivity contribution in [1.29, 1.82) is 0 Å².